The van der Waals surface area contributed by atoms with Crippen molar-refractivity contribution < 1.29 is 4.74 Å². The lowest BCUT2D eigenvalue weighted by atomic mass is 10.0. The Hall–Kier alpha value is -1.26. The lowest BCUT2D eigenvalue weighted by Gasteiger charge is -2.23. The van der Waals surface area contributed by atoms with Crippen LogP contribution in [0.25, 0.3) is 11.4 Å². The van der Waals surface area contributed by atoms with Gasteiger partial charge in [-0.15, -0.1) is 11.8 Å². The lowest BCUT2D eigenvalue weighted by molar-refractivity contribution is 0.0485. The van der Waals surface area contributed by atoms with E-state index in [1.807, 2.05) is 6.20 Å². The highest BCUT2D eigenvalue weighted by Crippen LogP contribution is 2.24. The van der Waals surface area contributed by atoms with Crippen molar-refractivity contribution in [1.82, 2.24) is 9.55 Å². The van der Waals surface area contributed by atoms with Crippen LogP contribution >= 0.6 is 11.8 Å². The highest BCUT2D eigenvalue weighted by Gasteiger charge is 2.16. The normalized spacial score (nSPS) is 19.1. The van der Waals surface area contributed by atoms with Crippen LogP contribution in [-0.4, -0.2) is 29.0 Å². The van der Waals surface area contributed by atoms with E-state index in [0.29, 0.717) is 5.92 Å². The van der Waals surface area contributed by atoms with Gasteiger partial charge in [0.25, 0.3) is 0 Å². The molecule has 1 aliphatic rings. The van der Waals surface area contributed by atoms with Crippen molar-refractivity contribution in [3.8, 4) is 11.4 Å². The Morgan fingerprint density at radius 3 is 2.90 bits per heavy atom. The molecule has 4 heteroatoms. The van der Waals surface area contributed by atoms with Gasteiger partial charge in [-0.1, -0.05) is 12.1 Å². The summed E-state index contributed by atoms with van der Waals surface area (Å²) in [7, 11) is 0. The van der Waals surface area contributed by atoms with E-state index < -0.39 is 0 Å². The van der Waals surface area contributed by atoms with Gasteiger partial charge in [0.2, 0.25) is 0 Å². The number of aromatic nitrogens is 2. The molecular weight excluding hydrogens is 268 g/mol. The van der Waals surface area contributed by atoms with Gasteiger partial charge in [-0.2, -0.15) is 0 Å². The second-order valence-corrected chi connectivity index (χ2v) is 6.09. The molecule has 1 aromatic carbocycles. The standard InChI is InChI=1S/C16H20N2OS/c1-20-15-6-4-14(5-7-15)16-17-8-9-18(16)11-13-3-2-10-19-12-13/h4-9,13H,2-3,10-12H2,1H3. The first-order valence-corrected chi connectivity index (χ1v) is 8.32. The van der Waals surface area contributed by atoms with Crippen molar-refractivity contribution in [3.05, 3.63) is 36.7 Å². The molecule has 1 aliphatic heterocycles. The average Bonchev–Trinajstić information content (AvgIpc) is 2.96. The van der Waals surface area contributed by atoms with Gasteiger partial charge in [0.15, 0.2) is 0 Å². The van der Waals surface area contributed by atoms with Crippen molar-refractivity contribution in [2.45, 2.75) is 24.3 Å². The summed E-state index contributed by atoms with van der Waals surface area (Å²) in [6, 6.07) is 8.62. The monoisotopic (exact) mass is 288 g/mol. The maximum absolute atomic E-state index is 5.57. The first kappa shape index (κ1) is 13.7. The fraction of sp³-hybridized carbons (Fsp3) is 0.438. The molecule has 0 saturated carbocycles. The van der Waals surface area contributed by atoms with Crippen LogP contribution in [0, 0.1) is 5.92 Å². The van der Waals surface area contributed by atoms with Gasteiger partial charge in [-0.3, -0.25) is 0 Å². The topological polar surface area (TPSA) is 27.1 Å². The summed E-state index contributed by atoms with van der Waals surface area (Å²) in [4.78, 5) is 5.81. The Morgan fingerprint density at radius 1 is 1.35 bits per heavy atom. The van der Waals surface area contributed by atoms with Crippen LogP contribution in [0.15, 0.2) is 41.6 Å². The molecule has 2 heterocycles. The number of rotatable bonds is 4. The number of imidazole rings is 1. The molecule has 0 N–H and O–H groups in total. The second kappa shape index (κ2) is 6.46. The van der Waals surface area contributed by atoms with E-state index in [1.54, 1.807) is 11.8 Å². The number of hydrogen-bond acceptors (Lipinski definition) is 3. The Bertz CT molecular complexity index is 544. The molecule has 3 nitrogen and oxygen atoms in total. The fourth-order valence-corrected chi connectivity index (χ4v) is 3.09. The maximum Gasteiger partial charge on any atom is 0.139 e. The van der Waals surface area contributed by atoms with Gasteiger partial charge in [-0.05, 0) is 31.2 Å². The minimum atomic E-state index is 0.613. The fourth-order valence-electron chi connectivity index (χ4n) is 2.69. The summed E-state index contributed by atoms with van der Waals surface area (Å²) in [5, 5.41) is 0. The molecule has 1 fully saturated rings. The number of nitrogens with zero attached hydrogens (tertiary/aromatic N) is 2. The van der Waals surface area contributed by atoms with Gasteiger partial charge in [0.1, 0.15) is 5.82 Å². The van der Waals surface area contributed by atoms with Gasteiger partial charge in [0, 0.05) is 41.9 Å². The third-order valence-corrected chi connectivity index (χ3v) is 4.52. The minimum Gasteiger partial charge on any atom is -0.381 e. The molecule has 1 atom stereocenters. The maximum atomic E-state index is 5.57. The summed E-state index contributed by atoms with van der Waals surface area (Å²) in [5.41, 5.74) is 1.18. The molecular formula is C16H20N2OS. The van der Waals surface area contributed by atoms with Gasteiger partial charge in [0.05, 0.1) is 6.61 Å². The molecule has 3 rings (SSSR count). The van der Waals surface area contributed by atoms with Crippen LogP contribution < -0.4 is 0 Å². The smallest absolute Gasteiger partial charge is 0.139 e. The molecule has 1 unspecified atom stereocenters. The van der Waals surface area contributed by atoms with Crippen LogP contribution in [0.3, 0.4) is 0 Å². The van der Waals surface area contributed by atoms with Crippen molar-refractivity contribution in [3.63, 3.8) is 0 Å². The van der Waals surface area contributed by atoms with E-state index in [-0.39, 0.29) is 0 Å². The van der Waals surface area contributed by atoms with Crippen LogP contribution in [0.1, 0.15) is 12.8 Å². The minimum absolute atomic E-state index is 0.613. The second-order valence-electron chi connectivity index (χ2n) is 5.21. The highest BCUT2D eigenvalue weighted by molar-refractivity contribution is 7.98. The van der Waals surface area contributed by atoms with Gasteiger partial charge < -0.3 is 9.30 Å². The van der Waals surface area contributed by atoms with E-state index in [1.165, 1.54) is 23.3 Å². The van der Waals surface area contributed by atoms with Gasteiger partial charge >= 0.3 is 0 Å². The molecule has 1 saturated heterocycles. The summed E-state index contributed by atoms with van der Waals surface area (Å²) in [5.74, 6) is 1.67. The van der Waals surface area contributed by atoms with Crippen molar-refractivity contribution in [1.29, 1.82) is 0 Å². The number of benzene rings is 1. The molecule has 2 aromatic rings. The SMILES string of the molecule is CSc1ccc(-c2nccn2CC2CCCOC2)cc1. The van der Waals surface area contributed by atoms with E-state index >= 15 is 0 Å². The molecule has 1 aromatic heterocycles. The molecule has 20 heavy (non-hydrogen) atoms. The summed E-state index contributed by atoms with van der Waals surface area (Å²) in [6.07, 6.45) is 8.49. The highest BCUT2D eigenvalue weighted by atomic mass is 32.2. The van der Waals surface area contributed by atoms with Gasteiger partial charge in [-0.25, -0.2) is 4.98 Å². The average molecular weight is 288 g/mol. The zero-order chi connectivity index (χ0) is 13.8. The van der Waals surface area contributed by atoms with E-state index in [9.17, 15) is 0 Å². The third kappa shape index (κ3) is 3.07. The Labute approximate surface area is 124 Å². The van der Waals surface area contributed by atoms with Crippen molar-refractivity contribution in [2.75, 3.05) is 19.5 Å². The van der Waals surface area contributed by atoms with Crippen molar-refractivity contribution in [2.24, 2.45) is 5.92 Å². The van der Waals surface area contributed by atoms with Crippen LogP contribution in [0.4, 0.5) is 0 Å². The van der Waals surface area contributed by atoms with E-state index in [0.717, 1.165) is 25.6 Å². The van der Waals surface area contributed by atoms with E-state index in [2.05, 4.69) is 46.3 Å². The molecule has 0 spiro atoms. The zero-order valence-corrected chi connectivity index (χ0v) is 12.6. The largest absolute Gasteiger partial charge is 0.381 e. The van der Waals surface area contributed by atoms with Crippen molar-refractivity contribution >= 4 is 11.8 Å². The summed E-state index contributed by atoms with van der Waals surface area (Å²) in [6.45, 7) is 2.80. The molecule has 0 bridgehead atoms. The quantitative estimate of drug-likeness (QED) is 0.803. The molecule has 0 aliphatic carbocycles. The molecule has 0 amide bonds. The number of hydrogen-bond donors (Lipinski definition) is 0. The third-order valence-electron chi connectivity index (χ3n) is 3.77. The molecule has 0 radical (unpaired) electrons. The van der Waals surface area contributed by atoms with Crippen LogP contribution in [0.5, 0.6) is 0 Å². The predicted octanol–water partition coefficient (Wildman–Crippen LogP) is 3.70. The number of ether oxygens (including phenoxy) is 1. The summed E-state index contributed by atoms with van der Waals surface area (Å²) >= 11 is 1.76. The van der Waals surface area contributed by atoms with Crippen LogP contribution in [0.2, 0.25) is 0 Å². The Kier molecular flexibility index (Phi) is 4.43. The lowest BCUT2D eigenvalue weighted by Crippen LogP contribution is -2.22. The zero-order valence-electron chi connectivity index (χ0n) is 11.8. The first-order valence-electron chi connectivity index (χ1n) is 7.10. The Morgan fingerprint density at radius 2 is 2.20 bits per heavy atom. The number of thioether (sulfide) groups is 1. The summed E-state index contributed by atoms with van der Waals surface area (Å²) < 4.78 is 7.83. The van der Waals surface area contributed by atoms with Crippen LogP contribution in [-0.2, 0) is 11.3 Å². The molecule has 106 valence electrons. The predicted molar refractivity (Wildman–Crippen MR) is 83.0 cm³/mol. The Balaban J connectivity index is 1.77. The van der Waals surface area contributed by atoms with E-state index in [4.69, 9.17) is 4.74 Å². The first-order chi connectivity index (χ1) is 9.86.